The van der Waals surface area contributed by atoms with Crippen LogP contribution in [-0.2, 0) is 11.3 Å². The number of thiophene rings is 1. The number of hydrogen-bond donors (Lipinski definition) is 1. The van der Waals surface area contributed by atoms with Gasteiger partial charge in [0.2, 0.25) is 5.91 Å². The lowest BCUT2D eigenvalue weighted by Crippen LogP contribution is -2.30. The van der Waals surface area contributed by atoms with Crippen molar-refractivity contribution in [2.75, 3.05) is 5.32 Å². The first kappa shape index (κ1) is 16.3. The fraction of sp³-hybridized carbons (Fsp3) is 0.235. The third kappa shape index (κ3) is 2.94. The zero-order valence-corrected chi connectivity index (χ0v) is 14.3. The van der Waals surface area contributed by atoms with Crippen molar-refractivity contribution in [3.63, 3.8) is 0 Å². The van der Waals surface area contributed by atoms with Gasteiger partial charge in [-0.2, -0.15) is 0 Å². The van der Waals surface area contributed by atoms with E-state index in [-0.39, 0.29) is 23.8 Å². The van der Waals surface area contributed by atoms with E-state index in [1.54, 1.807) is 6.92 Å². The SMILES string of the molecule is Cc1sc2nc(C)n(CC(=O)Nc3ccc(F)cc3)c(=O)c2c1C. The third-order valence-electron chi connectivity index (χ3n) is 3.91. The molecule has 0 radical (unpaired) electrons. The van der Waals surface area contributed by atoms with E-state index in [0.29, 0.717) is 21.7 Å². The standard InChI is InChI=1S/C17H16FN3O2S/c1-9-10(2)24-16-15(9)17(23)21(11(3)19-16)8-14(22)20-13-6-4-12(18)5-7-13/h4-7H,8H2,1-3H3,(H,20,22). The summed E-state index contributed by atoms with van der Waals surface area (Å²) in [5, 5.41) is 3.22. The van der Waals surface area contributed by atoms with Gasteiger partial charge in [-0.25, -0.2) is 9.37 Å². The van der Waals surface area contributed by atoms with Gasteiger partial charge in [0.25, 0.3) is 5.56 Å². The molecule has 0 unspecified atom stereocenters. The lowest BCUT2D eigenvalue weighted by atomic mass is 10.2. The molecule has 1 N–H and O–H groups in total. The van der Waals surface area contributed by atoms with Crippen LogP contribution >= 0.6 is 11.3 Å². The van der Waals surface area contributed by atoms with Gasteiger partial charge in [-0.15, -0.1) is 11.3 Å². The molecule has 24 heavy (non-hydrogen) atoms. The highest BCUT2D eigenvalue weighted by Crippen LogP contribution is 2.26. The van der Waals surface area contributed by atoms with Gasteiger partial charge in [0, 0.05) is 10.6 Å². The quantitative estimate of drug-likeness (QED) is 0.793. The number of hydrogen-bond acceptors (Lipinski definition) is 4. The molecule has 124 valence electrons. The lowest BCUT2D eigenvalue weighted by Gasteiger charge is -2.10. The van der Waals surface area contributed by atoms with Crippen LogP contribution in [0.15, 0.2) is 29.1 Å². The number of benzene rings is 1. The molecule has 5 nitrogen and oxygen atoms in total. The number of aromatic nitrogens is 2. The number of rotatable bonds is 3. The predicted octanol–water partition coefficient (Wildman–Crippen LogP) is 3.16. The summed E-state index contributed by atoms with van der Waals surface area (Å²) in [5.41, 5.74) is 1.16. The Labute approximate surface area is 141 Å². The van der Waals surface area contributed by atoms with Crippen molar-refractivity contribution in [2.24, 2.45) is 0 Å². The first-order valence-corrected chi connectivity index (χ1v) is 8.21. The average molecular weight is 345 g/mol. The van der Waals surface area contributed by atoms with Crippen LogP contribution in [0.3, 0.4) is 0 Å². The van der Waals surface area contributed by atoms with E-state index in [9.17, 15) is 14.0 Å². The summed E-state index contributed by atoms with van der Waals surface area (Å²) in [5.74, 6) is -0.251. The second-order valence-corrected chi connectivity index (χ2v) is 6.77. The van der Waals surface area contributed by atoms with Crippen LogP contribution < -0.4 is 10.9 Å². The summed E-state index contributed by atoms with van der Waals surface area (Å²) in [4.78, 5) is 31.1. The Morgan fingerprint density at radius 3 is 2.58 bits per heavy atom. The monoisotopic (exact) mass is 345 g/mol. The number of anilines is 1. The smallest absolute Gasteiger partial charge is 0.263 e. The lowest BCUT2D eigenvalue weighted by molar-refractivity contribution is -0.116. The molecule has 0 bridgehead atoms. The van der Waals surface area contributed by atoms with Gasteiger partial charge in [-0.05, 0) is 50.6 Å². The molecule has 0 aliphatic rings. The number of amides is 1. The molecule has 0 saturated heterocycles. The van der Waals surface area contributed by atoms with Crippen LogP contribution in [0.1, 0.15) is 16.3 Å². The van der Waals surface area contributed by atoms with Crippen molar-refractivity contribution in [2.45, 2.75) is 27.3 Å². The molecule has 3 rings (SSSR count). The molecule has 0 aliphatic heterocycles. The van der Waals surface area contributed by atoms with Crippen LogP contribution in [0.5, 0.6) is 0 Å². The topological polar surface area (TPSA) is 64.0 Å². The van der Waals surface area contributed by atoms with Crippen molar-refractivity contribution in [3.8, 4) is 0 Å². The highest BCUT2D eigenvalue weighted by atomic mass is 32.1. The molecule has 1 amide bonds. The third-order valence-corrected chi connectivity index (χ3v) is 5.01. The summed E-state index contributed by atoms with van der Waals surface area (Å²) in [6.45, 7) is 5.40. The Morgan fingerprint density at radius 1 is 1.25 bits per heavy atom. The number of carbonyl (C=O) groups excluding carboxylic acids is 1. The number of carbonyl (C=O) groups is 1. The van der Waals surface area contributed by atoms with E-state index in [1.165, 1.54) is 40.2 Å². The minimum Gasteiger partial charge on any atom is -0.325 e. The van der Waals surface area contributed by atoms with Gasteiger partial charge < -0.3 is 5.32 Å². The second-order valence-electron chi connectivity index (χ2n) is 5.57. The maximum atomic E-state index is 12.9. The molecule has 3 aromatic rings. The normalized spacial score (nSPS) is 11.0. The fourth-order valence-electron chi connectivity index (χ4n) is 2.49. The number of aryl methyl sites for hydroxylation is 3. The number of nitrogens with one attached hydrogen (secondary N) is 1. The van der Waals surface area contributed by atoms with Crippen LogP contribution in [0.2, 0.25) is 0 Å². The van der Waals surface area contributed by atoms with E-state index >= 15 is 0 Å². The van der Waals surface area contributed by atoms with E-state index in [0.717, 1.165) is 10.4 Å². The minimum absolute atomic E-state index is 0.140. The van der Waals surface area contributed by atoms with Crippen LogP contribution in [0.4, 0.5) is 10.1 Å². The molecular formula is C17H16FN3O2S. The van der Waals surface area contributed by atoms with Crippen molar-refractivity contribution in [3.05, 3.63) is 56.7 Å². The van der Waals surface area contributed by atoms with Crippen molar-refractivity contribution in [1.82, 2.24) is 9.55 Å². The van der Waals surface area contributed by atoms with E-state index in [1.807, 2.05) is 13.8 Å². The molecule has 0 fully saturated rings. The van der Waals surface area contributed by atoms with Gasteiger partial charge in [0.05, 0.1) is 5.39 Å². The summed E-state index contributed by atoms with van der Waals surface area (Å²) < 4.78 is 14.3. The minimum atomic E-state index is -0.377. The molecule has 0 aliphatic carbocycles. The molecular weight excluding hydrogens is 329 g/mol. The predicted molar refractivity (Wildman–Crippen MR) is 93.1 cm³/mol. The zero-order valence-electron chi connectivity index (χ0n) is 13.5. The second kappa shape index (κ2) is 6.16. The molecule has 0 spiro atoms. The number of halogens is 1. The molecule has 0 saturated carbocycles. The summed E-state index contributed by atoms with van der Waals surface area (Å²) in [7, 11) is 0. The van der Waals surface area contributed by atoms with Crippen LogP contribution in [0.25, 0.3) is 10.2 Å². The Kier molecular flexibility index (Phi) is 4.19. The summed E-state index contributed by atoms with van der Waals surface area (Å²) in [6, 6.07) is 5.46. The molecule has 2 heterocycles. The fourth-order valence-corrected chi connectivity index (χ4v) is 3.56. The number of nitrogens with zero attached hydrogens (tertiary/aromatic N) is 2. The Hall–Kier alpha value is -2.54. The molecule has 7 heteroatoms. The summed E-state index contributed by atoms with van der Waals surface area (Å²) >= 11 is 1.48. The van der Waals surface area contributed by atoms with E-state index < -0.39 is 0 Å². The molecule has 2 aromatic heterocycles. The van der Waals surface area contributed by atoms with Gasteiger partial charge in [0.15, 0.2) is 0 Å². The summed E-state index contributed by atoms with van der Waals surface area (Å²) in [6.07, 6.45) is 0. The van der Waals surface area contributed by atoms with Gasteiger partial charge in [0.1, 0.15) is 23.0 Å². The first-order chi connectivity index (χ1) is 11.4. The maximum Gasteiger partial charge on any atom is 0.263 e. The molecule has 0 atom stereocenters. The zero-order chi connectivity index (χ0) is 17.4. The van der Waals surface area contributed by atoms with E-state index in [4.69, 9.17) is 0 Å². The Bertz CT molecular complexity index is 990. The first-order valence-electron chi connectivity index (χ1n) is 7.39. The van der Waals surface area contributed by atoms with Crippen molar-refractivity contribution in [1.29, 1.82) is 0 Å². The highest BCUT2D eigenvalue weighted by Gasteiger charge is 2.16. The van der Waals surface area contributed by atoms with E-state index in [2.05, 4.69) is 10.3 Å². The van der Waals surface area contributed by atoms with Gasteiger partial charge >= 0.3 is 0 Å². The Morgan fingerprint density at radius 2 is 1.92 bits per heavy atom. The van der Waals surface area contributed by atoms with Crippen molar-refractivity contribution < 1.29 is 9.18 Å². The van der Waals surface area contributed by atoms with Crippen molar-refractivity contribution >= 4 is 33.1 Å². The van der Waals surface area contributed by atoms with Crippen LogP contribution in [0, 0.1) is 26.6 Å². The average Bonchev–Trinajstić information content (AvgIpc) is 2.80. The van der Waals surface area contributed by atoms with Gasteiger partial charge in [-0.3, -0.25) is 14.2 Å². The van der Waals surface area contributed by atoms with Crippen LogP contribution in [-0.4, -0.2) is 15.5 Å². The maximum absolute atomic E-state index is 12.9. The highest BCUT2D eigenvalue weighted by molar-refractivity contribution is 7.18. The molecule has 1 aromatic carbocycles. The Balaban J connectivity index is 1.92. The van der Waals surface area contributed by atoms with Gasteiger partial charge in [-0.1, -0.05) is 0 Å². The largest absolute Gasteiger partial charge is 0.325 e. The number of fused-ring (bicyclic) bond motifs is 1.